The molecule has 0 amide bonds. The van der Waals surface area contributed by atoms with Crippen LogP contribution in [-0.4, -0.2) is 41.7 Å². The second-order valence-corrected chi connectivity index (χ2v) is 4.00. The van der Waals surface area contributed by atoms with Crippen molar-refractivity contribution < 1.29 is 36.2 Å². The van der Waals surface area contributed by atoms with E-state index in [1.807, 2.05) is 0 Å². The third-order valence-corrected chi connectivity index (χ3v) is 2.67. The SMILES string of the molecule is C=C(CO)C(F)(F)C(F)(F)C(F)(F)C1(C)CO1. The number of hydrogen-bond acceptors (Lipinski definition) is 2. The van der Waals surface area contributed by atoms with Crippen molar-refractivity contribution in [2.24, 2.45) is 0 Å². The summed E-state index contributed by atoms with van der Waals surface area (Å²) in [7, 11) is 0. The predicted octanol–water partition coefficient (Wildman–Crippen LogP) is 2.23. The molecule has 8 heteroatoms. The lowest BCUT2D eigenvalue weighted by molar-refractivity contribution is -0.313. The van der Waals surface area contributed by atoms with Crippen molar-refractivity contribution >= 4 is 0 Å². The Bertz CT molecular complexity index is 334. The maximum atomic E-state index is 13.3. The summed E-state index contributed by atoms with van der Waals surface area (Å²) < 4.78 is 83.3. The summed E-state index contributed by atoms with van der Waals surface area (Å²) in [4.78, 5) is 0. The molecule has 1 aliphatic rings. The molecule has 17 heavy (non-hydrogen) atoms. The molecule has 0 aromatic carbocycles. The fourth-order valence-corrected chi connectivity index (χ4v) is 1.14. The van der Waals surface area contributed by atoms with E-state index in [9.17, 15) is 26.3 Å². The molecule has 2 nitrogen and oxygen atoms in total. The molecule has 0 aliphatic carbocycles. The van der Waals surface area contributed by atoms with Gasteiger partial charge in [-0.3, -0.25) is 0 Å². The van der Waals surface area contributed by atoms with Gasteiger partial charge in [0.1, 0.15) is 0 Å². The Kier molecular flexibility index (Phi) is 3.04. The number of aliphatic hydroxyl groups excluding tert-OH is 1. The molecule has 1 aliphatic heterocycles. The Morgan fingerprint density at radius 2 is 1.71 bits per heavy atom. The summed E-state index contributed by atoms with van der Waals surface area (Å²) in [5.74, 6) is -16.0. The van der Waals surface area contributed by atoms with Crippen LogP contribution in [0, 0.1) is 0 Å². The average Bonchev–Trinajstić information content (AvgIpc) is 2.96. The van der Waals surface area contributed by atoms with Crippen molar-refractivity contribution in [2.75, 3.05) is 13.2 Å². The third-order valence-electron chi connectivity index (χ3n) is 2.67. The summed E-state index contributed by atoms with van der Waals surface area (Å²) in [6.07, 6.45) is 0. The molecule has 0 aromatic heterocycles. The lowest BCUT2D eigenvalue weighted by Gasteiger charge is -2.35. The minimum Gasteiger partial charge on any atom is -0.392 e. The molecule has 1 fully saturated rings. The first-order valence-corrected chi connectivity index (χ1v) is 4.50. The zero-order chi connectivity index (χ0) is 13.7. The van der Waals surface area contributed by atoms with Gasteiger partial charge < -0.3 is 9.84 Å². The molecule has 1 atom stereocenters. The predicted molar refractivity (Wildman–Crippen MR) is 45.4 cm³/mol. The number of alkyl halides is 6. The lowest BCUT2D eigenvalue weighted by Crippen LogP contribution is -2.61. The monoisotopic (exact) mass is 264 g/mol. The fraction of sp³-hybridized carbons (Fsp3) is 0.778. The molecule has 1 N–H and O–H groups in total. The lowest BCUT2D eigenvalue weighted by atomic mass is 9.91. The highest BCUT2D eigenvalue weighted by Gasteiger charge is 2.81. The van der Waals surface area contributed by atoms with E-state index in [1.165, 1.54) is 0 Å². The minimum atomic E-state index is -5.69. The highest BCUT2D eigenvalue weighted by atomic mass is 19.3. The second kappa shape index (κ2) is 3.61. The minimum absolute atomic E-state index is 0.610. The Balaban J connectivity index is 3.14. The molecule has 0 saturated carbocycles. The first kappa shape index (κ1) is 14.3. The quantitative estimate of drug-likeness (QED) is 0.469. The van der Waals surface area contributed by atoms with Crippen LogP contribution >= 0.6 is 0 Å². The Hall–Kier alpha value is -0.760. The largest absolute Gasteiger partial charge is 0.392 e. The summed E-state index contributed by atoms with van der Waals surface area (Å²) >= 11 is 0. The van der Waals surface area contributed by atoms with Crippen LogP contribution in [-0.2, 0) is 4.74 Å². The van der Waals surface area contributed by atoms with Crippen LogP contribution in [0.3, 0.4) is 0 Å². The van der Waals surface area contributed by atoms with Gasteiger partial charge in [-0.1, -0.05) is 6.58 Å². The van der Waals surface area contributed by atoms with E-state index in [0.717, 1.165) is 0 Å². The standard InChI is InChI=1S/C9H10F6O2/c1-5(3-16)7(10,11)9(14,15)8(12,13)6(2)4-17-6/h16H,1,3-4H2,2H3. The molecule has 1 heterocycles. The third kappa shape index (κ3) is 1.74. The first-order chi connectivity index (χ1) is 7.44. The molecule has 1 rings (SSSR count). The highest BCUT2D eigenvalue weighted by molar-refractivity contribution is 5.21. The van der Waals surface area contributed by atoms with Gasteiger partial charge in [-0.25, -0.2) is 0 Å². The Labute approximate surface area is 92.9 Å². The van der Waals surface area contributed by atoms with Gasteiger partial charge in [-0.2, -0.15) is 26.3 Å². The van der Waals surface area contributed by atoms with Crippen molar-refractivity contribution in [1.29, 1.82) is 0 Å². The van der Waals surface area contributed by atoms with E-state index in [4.69, 9.17) is 5.11 Å². The van der Waals surface area contributed by atoms with Gasteiger partial charge in [0.05, 0.1) is 13.2 Å². The normalized spacial score (nSPS) is 25.9. The van der Waals surface area contributed by atoms with Gasteiger partial charge in [0.2, 0.25) is 0 Å². The first-order valence-electron chi connectivity index (χ1n) is 4.50. The van der Waals surface area contributed by atoms with Crippen LogP contribution in [0.25, 0.3) is 0 Å². The van der Waals surface area contributed by atoms with Crippen LogP contribution in [0.1, 0.15) is 6.92 Å². The van der Waals surface area contributed by atoms with Gasteiger partial charge in [-0.15, -0.1) is 0 Å². The van der Waals surface area contributed by atoms with Crippen LogP contribution in [0.2, 0.25) is 0 Å². The molecule has 100 valence electrons. The average molecular weight is 264 g/mol. The zero-order valence-electron chi connectivity index (χ0n) is 8.74. The molecule has 0 radical (unpaired) electrons. The number of halogens is 6. The molecule has 1 saturated heterocycles. The van der Waals surface area contributed by atoms with Crippen molar-refractivity contribution in [3.05, 3.63) is 12.2 Å². The topological polar surface area (TPSA) is 32.8 Å². The molecule has 1 unspecified atom stereocenters. The summed E-state index contributed by atoms with van der Waals surface area (Å²) in [5, 5.41) is 8.33. The summed E-state index contributed by atoms with van der Waals surface area (Å²) in [6, 6.07) is 0. The van der Waals surface area contributed by atoms with Gasteiger partial charge >= 0.3 is 17.8 Å². The van der Waals surface area contributed by atoms with Crippen molar-refractivity contribution in [2.45, 2.75) is 30.3 Å². The second-order valence-electron chi connectivity index (χ2n) is 4.00. The summed E-state index contributed by atoms with van der Waals surface area (Å²) in [6.45, 7) is 0.826. The van der Waals surface area contributed by atoms with E-state index >= 15 is 0 Å². The maximum Gasteiger partial charge on any atom is 0.379 e. The van der Waals surface area contributed by atoms with Gasteiger partial charge in [0.25, 0.3) is 0 Å². The van der Waals surface area contributed by atoms with E-state index in [0.29, 0.717) is 6.92 Å². The summed E-state index contributed by atoms with van der Waals surface area (Å²) in [5.41, 5.74) is -4.29. The Morgan fingerprint density at radius 3 is 2.00 bits per heavy atom. The van der Waals surface area contributed by atoms with Crippen molar-refractivity contribution in [3.8, 4) is 0 Å². The number of epoxide rings is 1. The van der Waals surface area contributed by atoms with Crippen molar-refractivity contribution in [3.63, 3.8) is 0 Å². The Morgan fingerprint density at radius 1 is 1.29 bits per heavy atom. The van der Waals surface area contributed by atoms with Crippen molar-refractivity contribution in [1.82, 2.24) is 0 Å². The van der Waals surface area contributed by atoms with E-state index in [-0.39, 0.29) is 0 Å². The number of hydrogen-bond donors (Lipinski definition) is 1. The van der Waals surface area contributed by atoms with Crippen LogP contribution in [0.4, 0.5) is 26.3 Å². The van der Waals surface area contributed by atoms with Crippen LogP contribution in [0.5, 0.6) is 0 Å². The maximum absolute atomic E-state index is 13.3. The molecule has 0 spiro atoms. The highest BCUT2D eigenvalue weighted by Crippen LogP contribution is 2.57. The van der Waals surface area contributed by atoms with Gasteiger partial charge in [0, 0.05) is 5.57 Å². The molecular weight excluding hydrogens is 254 g/mol. The molecule has 0 aromatic rings. The zero-order valence-corrected chi connectivity index (χ0v) is 8.74. The molecular formula is C9H10F6O2. The van der Waals surface area contributed by atoms with Gasteiger partial charge in [-0.05, 0) is 6.92 Å². The number of ether oxygens (including phenoxy) is 1. The smallest absolute Gasteiger partial charge is 0.379 e. The molecule has 0 bridgehead atoms. The van der Waals surface area contributed by atoms with E-state index in [2.05, 4.69) is 11.3 Å². The fourth-order valence-electron chi connectivity index (χ4n) is 1.14. The van der Waals surface area contributed by atoms with E-state index in [1.54, 1.807) is 0 Å². The van der Waals surface area contributed by atoms with Crippen LogP contribution < -0.4 is 0 Å². The number of rotatable bonds is 5. The van der Waals surface area contributed by atoms with E-state index < -0.39 is 42.2 Å². The van der Waals surface area contributed by atoms with Crippen LogP contribution in [0.15, 0.2) is 12.2 Å². The number of aliphatic hydroxyl groups is 1. The van der Waals surface area contributed by atoms with Gasteiger partial charge in [0.15, 0.2) is 5.60 Å².